The molecule has 2 rings (SSSR count). The van der Waals surface area contributed by atoms with Crippen LogP contribution in [0.25, 0.3) is 0 Å². The molecule has 0 aromatic rings. The second-order valence-corrected chi connectivity index (χ2v) is 5.78. The third-order valence-electron chi connectivity index (χ3n) is 4.66. The first kappa shape index (κ1) is 16.7. The van der Waals surface area contributed by atoms with E-state index >= 15 is 0 Å². The molecule has 0 aromatic heterocycles. The van der Waals surface area contributed by atoms with Crippen LogP contribution in [-0.2, 0) is 21.7 Å². The van der Waals surface area contributed by atoms with Crippen LogP contribution in [-0.4, -0.2) is 0 Å². The van der Waals surface area contributed by atoms with E-state index in [2.05, 4.69) is 53.7 Å². The standard InChI is InChI=1S/C18H24.Ti/c1-11-9-13(3)17(15(11)5)7-8-18-14(4)10-12(2)16(18)6;/h13-14H,7-8H2,1-6H3;/q-2;+2. The molecular formula is C18H24Ti. The van der Waals surface area contributed by atoms with E-state index < -0.39 is 0 Å². The van der Waals surface area contributed by atoms with Gasteiger partial charge in [0.1, 0.15) is 0 Å². The van der Waals surface area contributed by atoms with E-state index in [4.69, 9.17) is 0 Å². The van der Waals surface area contributed by atoms with Gasteiger partial charge in [-0.1, -0.05) is 39.5 Å². The SMILES string of the molecule is CC1=[C-]C(C)C(CCC2=C(C)C(C)=[C-]C2C)=C1C.[Ti+2]. The Labute approximate surface area is 133 Å². The second-order valence-electron chi connectivity index (χ2n) is 5.78. The van der Waals surface area contributed by atoms with Gasteiger partial charge in [-0.15, -0.1) is 13.8 Å². The molecule has 100 valence electrons. The van der Waals surface area contributed by atoms with Crippen LogP contribution in [0.4, 0.5) is 0 Å². The Morgan fingerprint density at radius 1 is 0.737 bits per heavy atom. The third kappa shape index (κ3) is 3.23. The van der Waals surface area contributed by atoms with Crippen LogP contribution in [0.2, 0.25) is 0 Å². The van der Waals surface area contributed by atoms with Crippen molar-refractivity contribution in [2.24, 2.45) is 11.8 Å². The van der Waals surface area contributed by atoms with Crippen molar-refractivity contribution in [1.82, 2.24) is 0 Å². The van der Waals surface area contributed by atoms with Gasteiger partial charge in [-0.3, -0.25) is 12.2 Å². The van der Waals surface area contributed by atoms with Crippen molar-refractivity contribution in [1.29, 1.82) is 0 Å². The van der Waals surface area contributed by atoms with Gasteiger partial charge in [0.05, 0.1) is 0 Å². The topological polar surface area (TPSA) is 0 Å². The normalized spacial score (nSPS) is 26.6. The van der Waals surface area contributed by atoms with Crippen molar-refractivity contribution >= 4 is 0 Å². The van der Waals surface area contributed by atoms with Crippen molar-refractivity contribution in [3.8, 4) is 0 Å². The molecule has 0 spiro atoms. The summed E-state index contributed by atoms with van der Waals surface area (Å²) in [4.78, 5) is 0. The summed E-state index contributed by atoms with van der Waals surface area (Å²) >= 11 is 0. The van der Waals surface area contributed by atoms with Crippen LogP contribution in [0.3, 0.4) is 0 Å². The first-order chi connectivity index (χ1) is 8.41. The Hall–Kier alpha value is -0.326. The van der Waals surface area contributed by atoms with E-state index in [-0.39, 0.29) is 21.7 Å². The molecular weight excluding hydrogens is 264 g/mol. The zero-order valence-electron chi connectivity index (χ0n) is 13.1. The van der Waals surface area contributed by atoms with E-state index in [0.717, 1.165) is 0 Å². The van der Waals surface area contributed by atoms with Crippen LogP contribution in [0.15, 0.2) is 33.4 Å². The number of allylic oxidation sites excluding steroid dienone is 8. The fourth-order valence-electron chi connectivity index (χ4n) is 3.25. The van der Waals surface area contributed by atoms with E-state index in [1.54, 1.807) is 11.1 Å². The van der Waals surface area contributed by atoms with Gasteiger partial charge in [-0.2, -0.15) is 22.3 Å². The Bertz CT molecular complexity index is 440. The summed E-state index contributed by atoms with van der Waals surface area (Å²) in [7, 11) is 0. The fourth-order valence-corrected chi connectivity index (χ4v) is 3.25. The van der Waals surface area contributed by atoms with Gasteiger partial charge in [0.2, 0.25) is 0 Å². The molecule has 0 heterocycles. The smallest absolute Gasteiger partial charge is 0.266 e. The minimum Gasteiger partial charge on any atom is -0.266 e. The van der Waals surface area contributed by atoms with Crippen molar-refractivity contribution in [3.05, 3.63) is 45.6 Å². The van der Waals surface area contributed by atoms with Crippen LogP contribution in [0.5, 0.6) is 0 Å². The molecule has 2 unspecified atom stereocenters. The third-order valence-corrected chi connectivity index (χ3v) is 4.66. The first-order valence-corrected chi connectivity index (χ1v) is 7.02. The Morgan fingerprint density at radius 3 is 1.26 bits per heavy atom. The molecule has 0 amide bonds. The number of hydrogen-bond donors (Lipinski definition) is 0. The van der Waals surface area contributed by atoms with Gasteiger partial charge in [-0.25, -0.2) is 11.1 Å². The maximum Gasteiger partial charge on any atom is 2.00 e. The fraction of sp³-hybridized carbons (Fsp3) is 0.556. The second kappa shape index (κ2) is 6.42. The molecule has 2 aliphatic rings. The summed E-state index contributed by atoms with van der Waals surface area (Å²) in [6, 6.07) is 0. The Balaban J connectivity index is 0.00000180. The summed E-state index contributed by atoms with van der Waals surface area (Å²) in [6.45, 7) is 13.4. The number of rotatable bonds is 3. The van der Waals surface area contributed by atoms with Crippen LogP contribution in [0.1, 0.15) is 54.4 Å². The molecule has 0 saturated carbocycles. The average Bonchev–Trinajstić information content (AvgIpc) is 2.67. The van der Waals surface area contributed by atoms with Gasteiger partial charge in [0.25, 0.3) is 0 Å². The molecule has 0 fully saturated rings. The maximum absolute atomic E-state index is 3.53. The Kier molecular flexibility index (Phi) is 5.65. The molecule has 0 saturated heterocycles. The molecule has 1 heteroatoms. The monoisotopic (exact) mass is 288 g/mol. The van der Waals surface area contributed by atoms with E-state index in [1.165, 1.54) is 35.1 Å². The molecule has 2 atom stereocenters. The summed E-state index contributed by atoms with van der Waals surface area (Å²) in [5.41, 5.74) is 8.82. The van der Waals surface area contributed by atoms with E-state index in [9.17, 15) is 0 Å². The minimum atomic E-state index is 0. The first-order valence-electron chi connectivity index (χ1n) is 7.02. The quantitative estimate of drug-likeness (QED) is 0.495. The molecule has 0 aromatic carbocycles. The van der Waals surface area contributed by atoms with Gasteiger partial charge in [0.15, 0.2) is 0 Å². The largest absolute Gasteiger partial charge is 2.00 e. The molecule has 19 heavy (non-hydrogen) atoms. The molecule has 0 N–H and O–H groups in total. The van der Waals surface area contributed by atoms with Crippen molar-refractivity contribution in [2.45, 2.75) is 54.4 Å². The predicted octanol–water partition coefficient (Wildman–Crippen LogP) is 5.20. The predicted molar refractivity (Wildman–Crippen MR) is 77.8 cm³/mol. The molecule has 0 nitrogen and oxygen atoms in total. The number of hydrogen-bond acceptors (Lipinski definition) is 0. The van der Waals surface area contributed by atoms with Gasteiger partial charge in [0, 0.05) is 0 Å². The summed E-state index contributed by atoms with van der Waals surface area (Å²) in [6.07, 6.45) is 9.43. The Morgan fingerprint density at radius 2 is 1.05 bits per heavy atom. The van der Waals surface area contributed by atoms with Gasteiger partial charge in [-0.05, 0) is 12.8 Å². The van der Waals surface area contributed by atoms with Crippen LogP contribution >= 0.6 is 0 Å². The maximum atomic E-state index is 3.53. The van der Waals surface area contributed by atoms with Gasteiger partial charge < -0.3 is 0 Å². The zero-order valence-corrected chi connectivity index (χ0v) is 14.6. The van der Waals surface area contributed by atoms with E-state index in [0.29, 0.717) is 11.8 Å². The molecule has 0 bridgehead atoms. The van der Waals surface area contributed by atoms with E-state index in [1.807, 2.05) is 0 Å². The minimum absolute atomic E-state index is 0. The van der Waals surface area contributed by atoms with Crippen molar-refractivity contribution < 1.29 is 21.7 Å². The van der Waals surface area contributed by atoms with Crippen molar-refractivity contribution in [2.75, 3.05) is 0 Å². The zero-order chi connectivity index (χ0) is 13.4. The van der Waals surface area contributed by atoms with Crippen LogP contribution in [0, 0.1) is 24.0 Å². The molecule has 0 aliphatic heterocycles. The summed E-state index contributed by atoms with van der Waals surface area (Å²) < 4.78 is 0. The van der Waals surface area contributed by atoms with Crippen molar-refractivity contribution in [3.63, 3.8) is 0 Å². The average molecular weight is 288 g/mol. The summed E-state index contributed by atoms with van der Waals surface area (Å²) in [5.74, 6) is 1.03. The summed E-state index contributed by atoms with van der Waals surface area (Å²) in [5, 5.41) is 0. The van der Waals surface area contributed by atoms with Gasteiger partial charge >= 0.3 is 21.7 Å². The van der Waals surface area contributed by atoms with Crippen LogP contribution < -0.4 is 0 Å². The molecule has 2 aliphatic carbocycles. The molecule has 0 radical (unpaired) electrons.